The van der Waals surface area contributed by atoms with Gasteiger partial charge in [0.2, 0.25) is 0 Å². The lowest BCUT2D eigenvalue weighted by Crippen LogP contribution is -2.42. The number of anilines is 2. The minimum Gasteiger partial charge on any atom is -0.399 e. The normalized spacial score (nSPS) is 21.1. The van der Waals surface area contributed by atoms with Crippen LogP contribution in [0, 0.1) is 5.82 Å². The Labute approximate surface area is 94.7 Å². The van der Waals surface area contributed by atoms with Crippen molar-refractivity contribution in [1.82, 2.24) is 0 Å². The summed E-state index contributed by atoms with van der Waals surface area (Å²) in [7, 11) is 0. The molecule has 0 aromatic heterocycles. The number of aliphatic hydroxyl groups is 1. The number of hydrogen-bond donors (Lipinski definition) is 2. The zero-order valence-corrected chi connectivity index (χ0v) is 9.19. The summed E-state index contributed by atoms with van der Waals surface area (Å²) in [6, 6.07) is 4.75. The molecule has 1 unspecified atom stereocenters. The van der Waals surface area contributed by atoms with Gasteiger partial charge >= 0.3 is 0 Å². The summed E-state index contributed by atoms with van der Waals surface area (Å²) in [5.41, 5.74) is 6.49. The molecular weight excluding hydrogens is 207 g/mol. The molecule has 1 heterocycles. The van der Waals surface area contributed by atoms with Crippen LogP contribution in [-0.4, -0.2) is 24.3 Å². The fourth-order valence-electron chi connectivity index (χ4n) is 2.26. The molecule has 0 aliphatic carbocycles. The van der Waals surface area contributed by atoms with Gasteiger partial charge in [0.15, 0.2) is 0 Å². The summed E-state index contributed by atoms with van der Waals surface area (Å²) in [6.45, 7) is 0.871. The molecule has 0 saturated carbocycles. The van der Waals surface area contributed by atoms with Crippen LogP contribution in [-0.2, 0) is 0 Å². The predicted octanol–water partition coefficient (Wildman–Crippen LogP) is 1.76. The Hall–Kier alpha value is -1.29. The first-order valence-corrected chi connectivity index (χ1v) is 5.65. The van der Waals surface area contributed by atoms with E-state index in [2.05, 4.69) is 0 Å². The smallest absolute Gasteiger partial charge is 0.148 e. The van der Waals surface area contributed by atoms with Crippen LogP contribution in [0.25, 0.3) is 0 Å². The van der Waals surface area contributed by atoms with Gasteiger partial charge < -0.3 is 15.7 Å². The Balaban J connectivity index is 2.27. The lowest BCUT2D eigenvalue weighted by Gasteiger charge is -2.36. The fourth-order valence-corrected chi connectivity index (χ4v) is 2.26. The van der Waals surface area contributed by atoms with Crippen molar-refractivity contribution >= 4 is 11.4 Å². The van der Waals surface area contributed by atoms with E-state index in [1.807, 2.05) is 4.90 Å². The molecule has 3 N–H and O–H groups in total. The molecule has 4 heteroatoms. The molecule has 1 aromatic rings. The van der Waals surface area contributed by atoms with Gasteiger partial charge in [-0.2, -0.15) is 0 Å². The van der Waals surface area contributed by atoms with Crippen LogP contribution < -0.4 is 10.6 Å². The van der Waals surface area contributed by atoms with E-state index >= 15 is 0 Å². The zero-order chi connectivity index (χ0) is 11.5. The van der Waals surface area contributed by atoms with Crippen LogP contribution in [0.1, 0.15) is 19.3 Å². The molecule has 1 saturated heterocycles. The minimum absolute atomic E-state index is 0.0341. The molecule has 88 valence electrons. The Morgan fingerprint density at radius 2 is 2.25 bits per heavy atom. The Morgan fingerprint density at radius 1 is 1.44 bits per heavy atom. The molecule has 1 aromatic carbocycles. The van der Waals surface area contributed by atoms with Crippen molar-refractivity contribution in [3.8, 4) is 0 Å². The van der Waals surface area contributed by atoms with Gasteiger partial charge in [-0.1, -0.05) is 0 Å². The Kier molecular flexibility index (Phi) is 3.29. The third-order valence-corrected chi connectivity index (χ3v) is 3.12. The first kappa shape index (κ1) is 11.2. The molecule has 1 atom stereocenters. The number of nitrogens with two attached hydrogens (primary N) is 1. The molecule has 1 fully saturated rings. The number of nitrogen functional groups attached to an aromatic ring is 1. The third kappa shape index (κ3) is 2.11. The Bertz CT molecular complexity index is 370. The highest BCUT2D eigenvalue weighted by Gasteiger charge is 2.23. The topological polar surface area (TPSA) is 49.5 Å². The van der Waals surface area contributed by atoms with E-state index in [0.717, 1.165) is 25.8 Å². The predicted molar refractivity (Wildman–Crippen MR) is 62.9 cm³/mol. The molecule has 0 amide bonds. The quantitative estimate of drug-likeness (QED) is 0.752. The summed E-state index contributed by atoms with van der Waals surface area (Å²) >= 11 is 0. The number of rotatable bonds is 2. The molecule has 3 nitrogen and oxygen atoms in total. The van der Waals surface area contributed by atoms with E-state index in [4.69, 9.17) is 5.73 Å². The zero-order valence-electron chi connectivity index (χ0n) is 9.19. The number of benzene rings is 1. The maximum Gasteiger partial charge on any atom is 0.148 e. The average molecular weight is 224 g/mol. The molecule has 0 bridgehead atoms. The first-order chi connectivity index (χ1) is 7.72. The lowest BCUT2D eigenvalue weighted by atomic mass is 10.0. The second-order valence-electron chi connectivity index (χ2n) is 4.24. The second kappa shape index (κ2) is 4.70. The van der Waals surface area contributed by atoms with E-state index in [-0.39, 0.29) is 18.5 Å². The average Bonchev–Trinajstić information content (AvgIpc) is 2.29. The van der Waals surface area contributed by atoms with Crippen LogP contribution in [0.5, 0.6) is 0 Å². The van der Waals surface area contributed by atoms with Crippen LogP contribution in [0.3, 0.4) is 0 Å². The van der Waals surface area contributed by atoms with Crippen LogP contribution in [0.2, 0.25) is 0 Å². The van der Waals surface area contributed by atoms with E-state index in [1.165, 1.54) is 6.07 Å². The van der Waals surface area contributed by atoms with Gasteiger partial charge in [0.25, 0.3) is 0 Å². The lowest BCUT2D eigenvalue weighted by molar-refractivity contribution is 0.239. The van der Waals surface area contributed by atoms with Crippen LogP contribution in [0.15, 0.2) is 18.2 Å². The maximum absolute atomic E-state index is 13.7. The van der Waals surface area contributed by atoms with Crippen molar-refractivity contribution in [3.05, 3.63) is 24.0 Å². The van der Waals surface area contributed by atoms with E-state index in [9.17, 15) is 9.50 Å². The van der Waals surface area contributed by atoms with Crippen molar-refractivity contribution in [2.24, 2.45) is 0 Å². The molecule has 0 spiro atoms. The van der Waals surface area contributed by atoms with Crippen molar-refractivity contribution in [1.29, 1.82) is 0 Å². The van der Waals surface area contributed by atoms with Crippen molar-refractivity contribution in [2.75, 3.05) is 23.8 Å². The van der Waals surface area contributed by atoms with Gasteiger partial charge in [-0.05, 0) is 37.5 Å². The summed E-state index contributed by atoms with van der Waals surface area (Å²) in [4.78, 5) is 1.94. The number of aliphatic hydroxyl groups excluding tert-OH is 1. The standard InChI is InChI=1S/C12H17FN2O/c13-11-7-9(14)4-5-12(11)15-6-2-1-3-10(15)8-16/h4-5,7,10,16H,1-3,6,8,14H2. The number of halogens is 1. The largest absolute Gasteiger partial charge is 0.399 e. The highest BCUT2D eigenvalue weighted by Crippen LogP contribution is 2.28. The molecule has 1 aliphatic heterocycles. The summed E-state index contributed by atoms with van der Waals surface area (Å²) < 4.78 is 13.7. The third-order valence-electron chi connectivity index (χ3n) is 3.12. The minimum atomic E-state index is -0.305. The van der Waals surface area contributed by atoms with Gasteiger partial charge in [0, 0.05) is 12.2 Å². The summed E-state index contributed by atoms with van der Waals surface area (Å²) in [5.74, 6) is -0.305. The first-order valence-electron chi connectivity index (χ1n) is 5.65. The van der Waals surface area contributed by atoms with Crippen molar-refractivity contribution < 1.29 is 9.50 Å². The highest BCUT2D eigenvalue weighted by molar-refractivity contribution is 5.55. The highest BCUT2D eigenvalue weighted by atomic mass is 19.1. The SMILES string of the molecule is Nc1ccc(N2CCCCC2CO)c(F)c1. The van der Waals surface area contributed by atoms with E-state index in [0.29, 0.717) is 11.4 Å². The fraction of sp³-hybridized carbons (Fsp3) is 0.500. The van der Waals surface area contributed by atoms with Crippen LogP contribution >= 0.6 is 0 Å². The van der Waals surface area contributed by atoms with Crippen molar-refractivity contribution in [2.45, 2.75) is 25.3 Å². The molecule has 1 aliphatic rings. The molecule has 16 heavy (non-hydrogen) atoms. The van der Waals surface area contributed by atoms with E-state index in [1.54, 1.807) is 12.1 Å². The van der Waals surface area contributed by atoms with Gasteiger partial charge in [0.1, 0.15) is 5.82 Å². The monoisotopic (exact) mass is 224 g/mol. The maximum atomic E-state index is 13.7. The Morgan fingerprint density at radius 3 is 2.94 bits per heavy atom. The molecule has 0 radical (unpaired) electrons. The van der Waals surface area contributed by atoms with Gasteiger partial charge in [0.05, 0.1) is 18.3 Å². The van der Waals surface area contributed by atoms with Crippen LogP contribution in [0.4, 0.5) is 15.8 Å². The molecule has 2 rings (SSSR count). The second-order valence-corrected chi connectivity index (χ2v) is 4.24. The van der Waals surface area contributed by atoms with Gasteiger partial charge in [-0.25, -0.2) is 4.39 Å². The van der Waals surface area contributed by atoms with Gasteiger partial charge in [-0.3, -0.25) is 0 Å². The van der Waals surface area contributed by atoms with Crippen molar-refractivity contribution in [3.63, 3.8) is 0 Å². The number of piperidine rings is 1. The van der Waals surface area contributed by atoms with Gasteiger partial charge in [-0.15, -0.1) is 0 Å². The van der Waals surface area contributed by atoms with E-state index < -0.39 is 0 Å². The summed E-state index contributed by atoms with van der Waals surface area (Å²) in [6.07, 6.45) is 3.05. The number of hydrogen-bond acceptors (Lipinski definition) is 3. The number of nitrogens with zero attached hydrogens (tertiary/aromatic N) is 1. The molecular formula is C12H17FN2O. The summed E-state index contributed by atoms with van der Waals surface area (Å²) in [5, 5.41) is 9.28.